The topological polar surface area (TPSA) is 26.5 Å². The normalized spacial score (nSPS) is 11.2. The molecule has 1 aromatic carbocycles. The SMILES string of the molecule is CC(C)Oc1ccc(-c2cn3ccnc3cc2Cl)cc1. The summed E-state index contributed by atoms with van der Waals surface area (Å²) >= 11 is 6.33. The van der Waals surface area contributed by atoms with Gasteiger partial charge < -0.3 is 9.14 Å². The van der Waals surface area contributed by atoms with Crippen molar-refractivity contribution in [1.29, 1.82) is 0 Å². The Labute approximate surface area is 122 Å². The highest BCUT2D eigenvalue weighted by atomic mass is 35.5. The van der Waals surface area contributed by atoms with Crippen molar-refractivity contribution < 1.29 is 4.74 Å². The molecule has 0 amide bonds. The molecule has 0 bridgehead atoms. The van der Waals surface area contributed by atoms with Crippen LogP contribution in [0, 0.1) is 0 Å². The van der Waals surface area contributed by atoms with Gasteiger partial charge >= 0.3 is 0 Å². The summed E-state index contributed by atoms with van der Waals surface area (Å²) in [6, 6.07) is 9.83. The molecule has 3 aromatic rings. The van der Waals surface area contributed by atoms with E-state index in [4.69, 9.17) is 16.3 Å². The Morgan fingerprint density at radius 3 is 2.65 bits per heavy atom. The number of hydrogen-bond acceptors (Lipinski definition) is 2. The first kappa shape index (κ1) is 13.0. The molecule has 0 saturated heterocycles. The van der Waals surface area contributed by atoms with Gasteiger partial charge in [-0.2, -0.15) is 0 Å². The van der Waals surface area contributed by atoms with Crippen LogP contribution in [0.5, 0.6) is 5.75 Å². The predicted octanol–water partition coefficient (Wildman–Crippen LogP) is 4.44. The minimum absolute atomic E-state index is 0.173. The van der Waals surface area contributed by atoms with E-state index in [1.54, 1.807) is 6.20 Å². The van der Waals surface area contributed by atoms with Gasteiger partial charge in [0.25, 0.3) is 0 Å². The highest BCUT2D eigenvalue weighted by molar-refractivity contribution is 6.33. The number of nitrogens with zero attached hydrogens (tertiary/aromatic N) is 2. The van der Waals surface area contributed by atoms with Gasteiger partial charge in [-0.3, -0.25) is 0 Å². The number of imidazole rings is 1. The number of fused-ring (bicyclic) bond motifs is 1. The summed E-state index contributed by atoms with van der Waals surface area (Å²) in [7, 11) is 0. The van der Waals surface area contributed by atoms with E-state index in [1.165, 1.54) is 0 Å². The van der Waals surface area contributed by atoms with Gasteiger partial charge in [0.15, 0.2) is 0 Å². The summed E-state index contributed by atoms with van der Waals surface area (Å²) in [4.78, 5) is 4.22. The third-order valence-corrected chi connectivity index (χ3v) is 3.33. The Bertz CT molecular complexity index is 732. The lowest BCUT2D eigenvalue weighted by atomic mass is 10.1. The second-order valence-corrected chi connectivity index (χ2v) is 5.33. The van der Waals surface area contributed by atoms with Crippen molar-refractivity contribution in [3.63, 3.8) is 0 Å². The van der Waals surface area contributed by atoms with Crippen LogP contribution in [0.25, 0.3) is 16.8 Å². The summed E-state index contributed by atoms with van der Waals surface area (Å²) in [5, 5.41) is 0.696. The Kier molecular flexibility index (Phi) is 3.36. The van der Waals surface area contributed by atoms with Crippen molar-refractivity contribution >= 4 is 17.2 Å². The van der Waals surface area contributed by atoms with E-state index >= 15 is 0 Å². The van der Waals surface area contributed by atoms with Crippen molar-refractivity contribution in [3.8, 4) is 16.9 Å². The molecule has 0 fully saturated rings. The lowest BCUT2D eigenvalue weighted by molar-refractivity contribution is 0.242. The number of halogens is 1. The number of rotatable bonds is 3. The summed E-state index contributed by atoms with van der Waals surface area (Å²) in [6.45, 7) is 4.02. The minimum atomic E-state index is 0.173. The van der Waals surface area contributed by atoms with Crippen molar-refractivity contribution in [2.45, 2.75) is 20.0 Å². The van der Waals surface area contributed by atoms with Crippen LogP contribution in [-0.4, -0.2) is 15.5 Å². The number of ether oxygens (including phenoxy) is 1. The highest BCUT2D eigenvalue weighted by Crippen LogP contribution is 2.30. The van der Waals surface area contributed by atoms with Crippen LogP contribution in [-0.2, 0) is 0 Å². The lowest BCUT2D eigenvalue weighted by Crippen LogP contribution is -2.05. The standard InChI is InChI=1S/C16H15ClN2O/c1-11(2)20-13-5-3-12(4-6-13)14-10-19-8-7-18-16(19)9-15(14)17/h3-11H,1-2H3. The molecule has 0 saturated carbocycles. The van der Waals surface area contributed by atoms with Crippen LogP contribution < -0.4 is 4.74 Å². The lowest BCUT2D eigenvalue weighted by Gasteiger charge is -2.11. The maximum atomic E-state index is 6.33. The molecule has 4 heteroatoms. The maximum Gasteiger partial charge on any atom is 0.138 e. The van der Waals surface area contributed by atoms with Crippen molar-refractivity contribution in [2.24, 2.45) is 0 Å². The summed E-state index contributed by atoms with van der Waals surface area (Å²) in [6.07, 6.45) is 5.83. The van der Waals surface area contributed by atoms with Crippen LogP contribution in [0.3, 0.4) is 0 Å². The summed E-state index contributed by atoms with van der Waals surface area (Å²) in [5.41, 5.74) is 2.88. The first-order valence-corrected chi connectivity index (χ1v) is 6.90. The molecular formula is C16H15ClN2O. The molecule has 102 valence electrons. The van der Waals surface area contributed by atoms with E-state index in [1.807, 2.05) is 61.0 Å². The molecule has 0 aliphatic rings. The van der Waals surface area contributed by atoms with Crippen LogP contribution in [0.1, 0.15) is 13.8 Å². The van der Waals surface area contributed by atoms with Gasteiger partial charge in [-0.05, 0) is 31.5 Å². The van der Waals surface area contributed by atoms with Gasteiger partial charge in [-0.15, -0.1) is 0 Å². The van der Waals surface area contributed by atoms with Gasteiger partial charge in [0.1, 0.15) is 11.4 Å². The second-order valence-electron chi connectivity index (χ2n) is 4.92. The van der Waals surface area contributed by atoms with Crippen LogP contribution in [0.2, 0.25) is 5.02 Å². The fourth-order valence-electron chi connectivity index (χ4n) is 2.14. The molecule has 0 aliphatic carbocycles. The molecule has 0 atom stereocenters. The molecule has 0 radical (unpaired) electrons. The molecule has 20 heavy (non-hydrogen) atoms. The Hall–Kier alpha value is -2.00. The fraction of sp³-hybridized carbons (Fsp3) is 0.188. The maximum absolute atomic E-state index is 6.33. The van der Waals surface area contributed by atoms with Gasteiger partial charge in [-0.1, -0.05) is 23.7 Å². The van der Waals surface area contributed by atoms with E-state index in [0.717, 1.165) is 22.5 Å². The van der Waals surface area contributed by atoms with Gasteiger partial charge in [-0.25, -0.2) is 4.98 Å². The average molecular weight is 287 g/mol. The first-order valence-electron chi connectivity index (χ1n) is 6.53. The monoisotopic (exact) mass is 286 g/mol. The van der Waals surface area contributed by atoms with Crippen molar-refractivity contribution in [2.75, 3.05) is 0 Å². The zero-order valence-corrected chi connectivity index (χ0v) is 12.1. The average Bonchev–Trinajstić information content (AvgIpc) is 2.85. The molecule has 0 unspecified atom stereocenters. The van der Waals surface area contributed by atoms with E-state index in [0.29, 0.717) is 5.02 Å². The number of pyridine rings is 1. The number of aromatic nitrogens is 2. The van der Waals surface area contributed by atoms with E-state index in [2.05, 4.69) is 4.98 Å². The van der Waals surface area contributed by atoms with Crippen LogP contribution >= 0.6 is 11.6 Å². The molecule has 2 aromatic heterocycles. The Morgan fingerprint density at radius 2 is 1.95 bits per heavy atom. The minimum Gasteiger partial charge on any atom is -0.491 e. The first-order chi connectivity index (χ1) is 9.63. The van der Waals surface area contributed by atoms with E-state index in [-0.39, 0.29) is 6.10 Å². The van der Waals surface area contributed by atoms with E-state index in [9.17, 15) is 0 Å². The van der Waals surface area contributed by atoms with Gasteiger partial charge in [0.2, 0.25) is 0 Å². The van der Waals surface area contributed by atoms with Gasteiger partial charge in [0.05, 0.1) is 11.1 Å². The zero-order valence-electron chi connectivity index (χ0n) is 11.4. The molecule has 3 rings (SSSR count). The quantitative estimate of drug-likeness (QED) is 0.711. The third kappa shape index (κ3) is 2.49. The zero-order chi connectivity index (χ0) is 14.1. The molecule has 3 nitrogen and oxygen atoms in total. The number of benzene rings is 1. The smallest absolute Gasteiger partial charge is 0.138 e. The second kappa shape index (κ2) is 5.17. The molecule has 0 spiro atoms. The van der Waals surface area contributed by atoms with Crippen LogP contribution in [0.4, 0.5) is 0 Å². The highest BCUT2D eigenvalue weighted by Gasteiger charge is 2.07. The third-order valence-electron chi connectivity index (χ3n) is 3.02. The summed E-state index contributed by atoms with van der Waals surface area (Å²) in [5.74, 6) is 0.864. The molecular weight excluding hydrogens is 272 g/mol. The molecule has 0 N–H and O–H groups in total. The van der Waals surface area contributed by atoms with Gasteiger partial charge in [0, 0.05) is 30.2 Å². The van der Waals surface area contributed by atoms with Crippen molar-refractivity contribution in [1.82, 2.24) is 9.38 Å². The Balaban J connectivity index is 1.99. The molecule has 0 aliphatic heterocycles. The fourth-order valence-corrected chi connectivity index (χ4v) is 2.39. The van der Waals surface area contributed by atoms with Crippen molar-refractivity contribution in [3.05, 3.63) is 53.9 Å². The summed E-state index contributed by atoms with van der Waals surface area (Å²) < 4.78 is 7.60. The largest absolute Gasteiger partial charge is 0.491 e. The molecule has 2 heterocycles. The predicted molar refractivity (Wildman–Crippen MR) is 81.4 cm³/mol. The number of hydrogen-bond donors (Lipinski definition) is 0. The Morgan fingerprint density at radius 1 is 1.20 bits per heavy atom. The van der Waals surface area contributed by atoms with Crippen LogP contribution in [0.15, 0.2) is 48.9 Å². The van der Waals surface area contributed by atoms with E-state index < -0.39 is 0 Å².